The summed E-state index contributed by atoms with van der Waals surface area (Å²) in [4.78, 5) is 38.1. The molecule has 0 saturated heterocycles. The fourth-order valence-corrected chi connectivity index (χ4v) is 8.37. The van der Waals surface area contributed by atoms with Gasteiger partial charge in [-0.05, 0) is 135 Å². The largest absolute Gasteiger partial charge is 0.462 e. The maximum atomic E-state index is 12.9. The molecule has 0 N–H and O–H groups in total. The molecule has 0 aromatic heterocycles. The molecule has 0 bridgehead atoms. The molecule has 0 aromatic carbocycles. The van der Waals surface area contributed by atoms with Gasteiger partial charge in [-0.1, -0.05) is 257 Å². The van der Waals surface area contributed by atoms with Gasteiger partial charge in [0.2, 0.25) is 0 Å². The molecule has 0 fully saturated rings. The quantitative estimate of drug-likeness (QED) is 0.0261. The third-order valence-electron chi connectivity index (χ3n) is 13.1. The van der Waals surface area contributed by atoms with Crippen molar-refractivity contribution in [3.05, 3.63) is 134 Å². The minimum absolute atomic E-state index is 0.0944. The van der Waals surface area contributed by atoms with Crippen molar-refractivity contribution >= 4 is 17.9 Å². The second kappa shape index (κ2) is 64.1. The second-order valence-electron chi connectivity index (χ2n) is 20.6. The molecule has 6 heteroatoms. The molecule has 0 aliphatic rings. The van der Waals surface area contributed by atoms with Gasteiger partial charge >= 0.3 is 17.9 Å². The molecule has 6 nitrogen and oxygen atoms in total. The van der Waals surface area contributed by atoms with Crippen molar-refractivity contribution in [2.75, 3.05) is 13.2 Å². The highest BCUT2D eigenvalue weighted by molar-refractivity contribution is 5.71. The SMILES string of the molecule is CC/C=C\C/C=C\C/C=C\C/C=C\C/C=C\C/C=C\C/C=C\C/C=C\C/C=C\CCCCCCCC(=O)OCC(COC(=O)CCCCCCC/C=C\CCC)OC(=O)CCCCCCC/C=C\CCCCCCCCC. The number of hydrogen-bond donors (Lipinski definition) is 0. The Labute approximate surface area is 475 Å². The van der Waals surface area contributed by atoms with E-state index in [1.54, 1.807) is 0 Å². The smallest absolute Gasteiger partial charge is 0.306 e. The molecule has 0 saturated carbocycles. The molecule has 0 radical (unpaired) electrons. The fraction of sp³-hybridized carbons (Fsp3) is 0.648. The van der Waals surface area contributed by atoms with E-state index in [2.05, 4.69) is 154 Å². The lowest BCUT2D eigenvalue weighted by Gasteiger charge is -2.18. The molecule has 0 aromatic rings. The number of unbranched alkanes of at least 4 members (excludes halogenated alkanes) is 23. The first kappa shape index (κ1) is 72.5. The average molecular weight is 1070 g/mol. The highest BCUT2D eigenvalue weighted by Gasteiger charge is 2.19. The van der Waals surface area contributed by atoms with Gasteiger partial charge in [0.1, 0.15) is 13.2 Å². The van der Waals surface area contributed by atoms with Crippen LogP contribution in [0.15, 0.2) is 134 Å². The molecule has 0 amide bonds. The second-order valence-corrected chi connectivity index (χ2v) is 20.6. The van der Waals surface area contributed by atoms with Crippen LogP contribution >= 0.6 is 0 Å². The third-order valence-corrected chi connectivity index (χ3v) is 13.1. The summed E-state index contributed by atoms with van der Waals surface area (Å²) in [6.45, 7) is 6.43. The Morgan fingerprint density at radius 1 is 0.273 bits per heavy atom. The van der Waals surface area contributed by atoms with E-state index in [-0.39, 0.29) is 31.1 Å². The van der Waals surface area contributed by atoms with Crippen LogP contribution in [0.3, 0.4) is 0 Å². The molecular weight excluding hydrogens is 949 g/mol. The van der Waals surface area contributed by atoms with Gasteiger partial charge in [-0.3, -0.25) is 14.4 Å². The first-order valence-corrected chi connectivity index (χ1v) is 31.7. The number of allylic oxidation sites excluding steroid dienone is 22. The van der Waals surface area contributed by atoms with Crippen molar-refractivity contribution < 1.29 is 28.6 Å². The zero-order valence-electron chi connectivity index (χ0n) is 49.9. The normalized spacial score (nSPS) is 13.0. The fourth-order valence-electron chi connectivity index (χ4n) is 8.37. The van der Waals surface area contributed by atoms with Gasteiger partial charge in [0.05, 0.1) is 0 Å². The van der Waals surface area contributed by atoms with Crippen LogP contribution in [0.25, 0.3) is 0 Å². The van der Waals surface area contributed by atoms with E-state index in [4.69, 9.17) is 14.2 Å². The molecule has 1 atom stereocenters. The zero-order valence-corrected chi connectivity index (χ0v) is 49.9. The highest BCUT2D eigenvalue weighted by Crippen LogP contribution is 2.14. The summed E-state index contributed by atoms with van der Waals surface area (Å²) in [7, 11) is 0. The lowest BCUT2D eigenvalue weighted by Crippen LogP contribution is -2.30. The maximum absolute atomic E-state index is 12.9. The van der Waals surface area contributed by atoms with Gasteiger partial charge in [0.25, 0.3) is 0 Å². The van der Waals surface area contributed by atoms with Crippen LogP contribution in [-0.2, 0) is 28.6 Å². The van der Waals surface area contributed by atoms with Crippen molar-refractivity contribution in [2.24, 2.45) is 0 Å². The Morgan fingerprint density at radius 3 is 0.857 bits per heavy atom. The van der Waals surface area contributed by atoms with E-state index in [9.17, 15) is 14.4 Å². The number of esters is 3. The Balaban J connectivity index is 4.28. The van der Waals surface area contributed by atoms with Gasteiger partial charge in [-0.25, -0.2) is 0 Å². The van der Waals surface area contributed by atoms with Crippen LogP contribution in [0.2, 0.25) is 0 Å². The number of hydrogen-bond acceptors (Lipinski definition) is 6. The monoisotopic (exact) mass is 1060 g/mol. The summed E-state index contributed by atoms with van der Waals surface area (Å²) in [6.07, 6.45) is 90.4. The lowest BCUT2D eigenvalue weighted by molar-refractivity contribution is -0.167. The van der Waals surface area contributed by atoms with Crippen molar-refractivity contribution in [3.63, 3.8) is 0 Å². The first-order valence-electron chi connectivity index (χ1n) is 31.7. The van der Waals surface area contributed by atoms with Gasteiger partial charge in [-0.15, -0.1) is 0 Å². The lowest BCUT2D eigenvalue weighted by atomic mass is 10.1. The number of ether oxygens (including phenoxy) is 3. The van der Waals surface area contributed by atoms with Gasteiger partial charge in [-0.2, -0.15) is 0 Å². The average Bonchev–Trinajstić information content (AvgIpc) is 3.43. The van der Waals surface area contributed by atoms with E-state index in [1.165, 1.54) is 70.6 Å². The minimum Gasteiger partial charge on any atom is -0.462 e. The number of carbonyl (C=O) groups is 3. The van der Waals surface area contributed by atoms with Crippen molar-refractivity contribution in [1.29, 1.82) is 0 Å². The summed E-state index contributed by atoms with van der Waals surface area (Å²) in [5.74, 6) is -0.933. The van der Waals surface area contributed by atoms with Gasteiger partial charge in [0.15, 0.2) is 6.10 Å². The topological polar surface area (TPSA) is 78.9 Å². The molecule has 0 rings (SSSR count). The molecule has 0 aliphatic heterocycles. The van der Waals surface area contributed by atoms with Crippen molar-refractivity contribution in [2.45, 2.75) is 284 Å². The number of rotatable bonds is 56. The van der Waals surface area contributed by atoms with Gasteiger partial charge < -0.3 is 14.2 Å². The van der Waals surface area contributed by atoms with Crippen LogP contribution < -0.4 is 0 Å². The third kappa shape index (κ3) is 62.3. The molecule has 1 unspecified atom stereocenters. The van der Waals surface area contributed by atoms with E-state index in [1.807, 2.05) is 0 Å². The first-order chi connectivity index (χ1) is 38.0. The summed E-state index contributed by atoms with van der Waals surface area (Å²) in [5.41, 5.74) is 0. The van der Waals surface area contributed by atoms with Gasteiger partial charge in [0, 0.05) is 19.3 Å². The predicted molar refractivity (Wildman–Crippen MR) is 334 cm³/mol. The van der Waals surface area contributed by atoms with Crippen molar-refractivity contribution in [3.8, 4) is 0 Å². The maximum Gasteiger partial charge on any atom is 0.306 e. The molecule has 0 heterocycles. The Kier molecular flexibility index (Phi) is 60.4. The molecule has 436 valence electrons. The summed E-state index contributed by atoms with van der Waals surface area (Å²) >= 11 is 0. The van der Waals surface area contributed by atoms with Crippen LogP contribution in [0.5, 0.6) is 0 Å². The summed E-state index contributed by atoms with van der Waals surface area (Å²) in [6, 6.07) is 0. The summed E-state index contributed by atoms with van der Waals surface area (Å²) in [5, 5.41) is 0. The van der Waals surface area contributed by atoms with E-state index in [0.29, 0.717) is 19.3 Å². The molecule has 0 spiro atoms. The van der Waals surface area contributed by atoms with Crippen LogP contribution in [-0.4, -0.2) is 37.2 Å². The molecular formula is C71H116O6. The highest BCUT2D eigenvalue weighted by atomic mass is 16.6. The van der Waals surface area contributed by atoms with E-state index in [0.717, 1.165) is 167 Å². The van der Waals surface area contributed by atoms with Crippen LogP contribution in [0.4, 0.5) is 0 Å². The van der Waals surface area contributed by atoms with Crippen molar-refractivity contribution in [1.82, 2.24) is 0 Å². The predicted octanol–water partition coefficient (Wildman–Crippen LogP) is 21.8. The van der Waals surface area contributed by atoms with Crippen LogP contribution in [0.1, 0.15) is 278 Å². The molecule has 0 aliphatic carbocycles. The van der Waals surface area contributed by atoms with E-state index >= 15 is 0 Å². The molecule has 77 heavy (non-hydrogen) atoms. The van der Waals surface area contributed by atoms with Crippen LogP contribution in [0, 0.1) is 0 Å². The van der Waals surface area contributed by atoms with E-state index < -0.39 is 6.10 Å². The Morgan fingerprint density at radius 2 is 0.532 bits per heavy atom. The summed E-state index contributed by atoms with van der Waals surface area (Å²) < 4.78 is 16.8. The Bertz CT molecular complexity index is 1650. The zero-order chi connectivity index (χ0) is 55.7. The standard InChI is InChI=1S/C71H116O6/c1-4-7-10-13-16-19-22-24-26-28-29-30-31-32-33-34-35-36-37-38-39-40-41-42-43-44-46-47-49-52-55-58-61-64-70(73)76-67-68(66-75-69(72)63-60-57-54-51-21-18-15-12-9-6-3)77-71(74)65-62-59-56-53-50-48-45-27-25-23-20-17-14-11-8-5-2/h7,10,12,15-16,19,24,26-27,29-30,32-33,35-36,38-39,41-42,44-46,68H,4-6,8-9,11,13-14,17-18,20-23,25,28,31,34,37,40,43,47-67H2,1-3H3/b10-7-,15-12-,19-16-,26-24-,30-29-,33-32-,36-35-,39-38-,42-41-,45-27-,46-44-. The Hall–Kier alpha value is -4.45. The minimum atomic E-state index is -0.797. The number of carbonyl (C=O) groups excluding carboxylic acids is 3.